The molecule has 1 aromatic rings. The maximum absolute atomic E-state index is 13.9. The Morgan fingerprint density at radius 3 is 2.57 bits per heavy atom. The molecule has 23 heavy (non-hydrogen) atoms. The zero-order valence-corrected chi connectivity index (χ0v) is 13.1. The number of hydrogen-bond donors (Lipinski definition) is 1. The molecule has 3 rings (SSSR count). The molecule has 1 saturated heterocycles. The number of amides is 2. The number of carbonyl (C=O) groups is 2. The SMILES string of the molecule is CNC(=O)C1CN(C(=O)c2ccc(F)cc2F)CC12CCCC2. The first-order valence-corrected chi connectivity index (χ1v) is 7.93. The summed E-state index contributed by atoms with van der Waals surface area (Å²) in [6.45, 7) is 0.746. The molecule has 1 saturated carbocycles. The first kappa shape index (κ1) is 15.9. The Labute approximate surface area is 133 Å². The summed E-state index contributed by atoms with van der Waals surface area (Å²) in [6, 6.07) is 2.96. The van der Waals surface area contributed by atoms with Crippen molar-refractivity contribution in [1.82, 2.24) is 10.2 Å². The quantitative estimate of drug-likeness (QED) is 0.908. The van der Waals surface area contributed by atoms with Gasteiger partial charge in [0.1, 0.15) is 11.6 Å². The van der Waals surface area contributed by atoms with Gasteiger partial charge in [-0.2, -0.15) is 0 Å². The van der Waals surface area contributed by atoms with E-state index in [0.717, 1.165) is 31.7 Å². The van der Waals surface area contributed by atoms with Gasteiger partial charge in [0.2, 0.25) is 5.91 Å². The summed E-state index contributed by atoms with van der Waals surface area (Å²) < 4.78 is 26.9. The van der Waals surface area contributed by atoms with Crippen LogP contribution in [0.2, 0.25) is 0 Å². The normalized spacial score (nSPS) is 22.6. The average Bonchev–Trinajstić information content (AvgIpc) is 3.14. The Morgan fingerprint density at radius 1 is 1.26 bits per heavy atom. The summed E-state index contributed by atoms with van der Waals surface area (Å²) in [7, 11) is 1.59. The molecule has 2 aliphatic rings. The van der Waals surface area contributed by atoms with Crippen molar-refractivity contribution < 1.29 is 18.4 Å². The van der Waals surface area contributed by atoms with Gasteiger partial charge in [0, 0.05) is 31.6 Å². The molecule has 1 unspecified atom stereocenters. The van der Waals surface area contributed by atoms with Crippen molar-refractivity contribution in [3.05, 3.63) is 35.4 Å². The highest BCUT2D eigenvalue weighted by Gasteiger charge is 2.52. The van der Waals surface area contributed by atoms with Crippen molar-refractivity contribution in [3.8, 4) is 0 Å². The molecule has 2 amide bonds. The predicted octanol–water partition coefficient (Wildman–Crippen LogP) is 2.34. The summed E-state index contributed by atoms with van der Waals surface area (Å²) in [5.74, 6) is -2.38. The van der Waals surface area contributed by atoms with Crippen LogP contribution in [0.15, 0.2) is 18.2 Å². The van der Waals surface area contributed by atoms with Crippen LogP contribution in [0, 0.1) is 23.0 Å². The van der Waals surface area contributed by atoms with Crippen molar-refractivity contribution in [3.63, 3.8) is 0 Å². The topological polar surface area (TPSA) is 49.4 Å². The van der Waals surface area contributed by atoms with Crippen LogP contribution in [0.25, 0.3) is 0 Å². The monoisotopic (exact) mass is 322 g/mol. The molecule has 1 atom stereocenters. The third-order valence-electron chi connectivity index (χ3n) is 5.26. The van der Waals surface area contributed by atoms with Crippen LogP contribution in [0.3, 0.4) is 0 Å². The first-order chi connectivity index (χ1) is 11.0. The lowest BCUT2D eigenvalue weighted by Gasteiger charge is -2.28. The minimum absolute atomic E-state index is 0.0678. The van der Waals surface area contributed by atoms with Crippen LogP contribution in [-0.2, 0) is 4.79 Å². The third kappa shape index (κ3) is 2.71. The second-order valence-corrected chi connectivity index (χ2v) is 6.55. The maximum atomic E-state index is 13.9. The zero-order chi connectivity index (χ0) is 16.6. The van der Waals surface area contributed by atoms with E-state index in [9.17, 15) is 18.4 Å². The Hall–Kier alpha value is -1.98. The zero-order valence-electron chi connectivity index (χ0n) is 13.1. The third-order valence-corrected chi connectivity index (χ3v) is 5.26. The fourth-order valence-electron chi connectivity index (χ4n) is 4.08. The fraction of sp³-hybridized carbons (Fsp3) is 0.529. The molecular formula is C17H20F2N2O2. The highest BCUT2D eigenvalue weighted by Crippen LogP contribution is 2.49. The Bertz CT molecular complexity index is 641. The van der Waals surface area contributed by atoms with E-state index in [-0.39, 0.29) is 29.3 Å². The van der Waals surface area contributed by atoms with E-state index in [4.69, 9.17) is 0 Å². The molecule has 1 aliphatic heterocycles. The number of nitrogens with one attached hydrogen (secondary N) is 1. The number of rotatable bonds is 2. The van der Waals surface area contributed by atoms with Gasteiger partial charge in [-0.15, -0.1) is 0 Å². The number of likely N-dealkylation sites (tertiary alicyclic amines) is 1. The molecule has 1 N–H and O–H groups in total. The molecule has 124 valence electrons. The number of hydrogen-bond acceptors (Lipinski definition) is 2. The minimum atomic E-state index is -0.862. The van der Waals surface area contributed by atoms with Gasteiger partial charge in [-0.05, 0) is 25.0 Å². The molecule has 1 aliphatic carbocycles. The van der Waals surface area contributed by atoms with E-state index < -0.39 is 17.5 Å². The van der Waals surface area contributed by atoms with Crippen molar-refractivity contribution in [2.45, 2.75) is 25.7 Å². The van der Waals surface area contributed by atoms with Crippen LogP contribution in [0.4, 0.5) is 8.78 Å². The van der Waals surface area contributed by atoms with Crippen molar-refractivity contribution in [1.29, 1.82) is 0 Å². The lowest BCUT2D eigenvalue weighted by Crippen LogP contribution is -2.38. The fourth-order valence-corrected chi connectivity index (χ4v) is 4.08. The van der Waals surface area contributed by atoms with Gasteiger partial charge in [0.25, 0.3) is 5.91 Å². The lowest BCUT2D eigenvalue weighted by molar-refractivity contribution is -0.127. The highest BCUT2D eigenvalue weighted by atomic mass is 19.1. The lowest BCUT2D eigenvalue weighted by atomic mass is 9.76. The van der Waals surface area contributed by atoms with Crippen LogP contribution in [0.1, 0.15) is 36.0 Å². The Kier molecular flexibility index (Phi) is 4.08. The molecule has 4 nitrogen and oxygen atoms in total. The molecule has 1 aromatic carbocycles. The number of carbonyl (C=O) groups excluding carboxylic acids is 2. The van der Waals surface area contributed by atoms with Crippen molar-refractivity contribution in [2.24, 2.45) is 11.3 Å². The van der Waals surface area contributed by atoms with E-state index in [1.165, 1.54) is 6.07 Å². The molecule has 0 aromatic heterocycles. The van der Waals surface area contributed by atoms with Gasteiger partial charge in [0.05, 0.1) is 11.5 Å². The average molecular weight is 322 g/mol. The summed E-state index contributed by atoms with van der Waals surface area (Å²) in [5.41, 5.74) is -0.344. The van der Waals surface area contributed by atoms with Gasteiger partial charge < -0.3 is 10.2 Å². The maximum Gasteiger partial charge on any atom is 0.256 e. The van der Waals surface area contributed by atoms with E-state index in [1.54, 1.807) is 11.9 Å². The summed E-state index contributed by atoms with van der Waals surface area (Å²) in [6.07, 6.45) is 3.89. The molecule has 0 bridgehead atoms. The number of nitrogens with zero attached hydrogens (tertiary/aromatic N) is 1. The van der Waals surface area contributed by atoms with Crippen molar-refractivity contribution in [2.75, 3.05) is 20.1 Å². The van der Waals surface area contributed by atoms with Gasteiger partial charge >= 0.3 is 0 Å². The smallest absolute Gasteiger partial charge is 0.256 e. The first-order valence-electron chi connectivity index (χ1n) is 7.93. The predicted molar refractivity (Wildman–Crippen MR) is 80.7 cm³/mol. The number of benzene rings is 1. The van der Waals surface area contributed by atoms with Gasteiger partial charge in [-0.25, -0.2) is 8.78 Å². The summed E-state index contributed by atoms with van der Waals surface area (Å²) in [5, 5.41) is 2.68. The van der Waals surface area contributed by atoms with E-state index in [2.05, 4.69) is 5.32 Å². The van der Waals surface area contributed by atoms with E-state index >= 15 is 0 Å². The molecule has 2 fully saturated rings. The Balaban J connectivity index is 1.86. The van der Waals surface area contributed by atoms with Crippen LogP contribution in [0.5, 0.6) is 0 Å². The largest absolute Gasteiger partial charge is 0.359 e. The second-order valence-electron chi connectivity index (χ2n) is 6.55. The van der Waals surface area contributed by atoms with Gasteiger partial charge in [-0.1, -0.05) is 12.8 Å². The van der Waals surface area contributed by atoms with Gasteiger partial charge in [-0.3, -0.25) is 9.59 Å². The van der Waals surface area contributed by atoms with Crippen LogP contribution in [-0.4, -0.2) is 36.9 Å². The van der Waals surface area contributed by atoms with Crippen LogP contribution >= 0.6 is 0 Å². The van der Waals surface area contributed by atoms with E-state index in [0.29, 0.717) is 12.6 Å². The molecule has 1 heterocycles. The molecule has 0 radical (unpaired) electrons. The number of halogens is 2. The van der Waals surface area contributed by atoms with Gasteiger partial charge in [0.15, 0.2) is 0 Å². The highest BCUT2D eigenvalue weighted by molar-refractivity contribution is 5.95. The second kappa shape index (κ2) is 5.91. The standard InChI is InChI=1S/C17H20F2N2O2/c1-20-15(22)13-9-21(10-17(13)6-2-3-7-17)16(23)12-5-4-11(18)8-14(12)19/h4-5,8,13H,2-3,6-7,9-10H2,1H3,(H,20,22). The van der Waals surface area contributed by atoms with Crippen LogP contribution < -0.4 is 5.32 Å². The summed E-state index contributed by atoms with van der Waals surface area (Å²) in [4.78, 5) is 26.4. The summed E-state index contributed by atoms with van der Waals surface area (Å²) >= 11 is 0. The molecular weight excluding hydrogens is 302 g/mol. The molecule has 6 heteroatoms. The van der Waals surface area contributed by atoms with E-state index in [1.807, 2.05) is 0 Å². The minimum Gasteiger partial charge on any atom is -0.359 e. The molecule has 1 spiro atoms. The Morgan fingerprint density at radius 2 is 1.96 bits per heavy atom. The van der Waals surface area contributed by atoms with Crippen molar-refractivity contribution >= 4 is 11.8 Å².